The largest absolute Gasteiger partial charge is 0.411 e. The third-order valence-corrected chi connectivity index (χ3v) is 11.3. The van der Waals surface area contributed by atoms with Gasteiger partial charge < -0.3 is 24.3 Å². The number of fused-ring (bicyclic) bond motifs is 1. The summed E-state index contributed by atoms with van der Waals surface area (Å²) in [4.78, 5) is 0. The van der Waals surface area contributed by atoms with Crippen LogP contribution in [0.3, 0.4) is 0 Å². The third-order valence-electron chi connectivity index (χ3n) is 6.83. The smallest absolute Gasteiger partial charge is 0.192 e. The predicted octanol–water partition coefficient (Wildman–Crippen LogP) is 4.07. The van der Waals surface area contributed by atoms with Crippen molar-refractivity contribution in [1.82, 2.24) is 5.32 Å². The molecule has 1 aromatic carbocycles. The number of rotatable bonds is 6. The van der Waals surface area contributed by atoms with E-state index in [4.69, 9.17) is 13.9 Å². The van der Waals surface area contributed by atoms with Crippen molar-refractivity contribution >= 4 is 8.32 Å². The minimum absolute atomic E-state index is 0.0234. The Hall–Kier alpha value is -0.763. The SMILES string of the molecule is CC1(C)O[C@@H]2[C@@H](CO)[C@H](NCc3ccccc3)C[C@H](O[Si](C)(C)C(C)(C)C)[C@H]2O1. The quantitative estimate of drug-likeness (QED) is 0.678. The molecule has 1 saturated heterocycles. The van der Waals surface area contributed by atoms with E-state index in [1.807, 2.05) is 19.9 Å². The van der Waals surface area contributed by atoms with Crippen LogP contribution in [0.15, 0.2) is 30.3 Å². The zero-order valence-electron chi connectivity index (χ0n) is 19.1. The van der Waals surface area contributed by atoms with Crippen molar-refractivity contribution in [3.05, 3.63) is 35.9 Å². The maximum absolute atomic E-state index is 10.2. The first-order chi connectivity index (χ1) is 13.4. The first-order valence-electron chi connectivity index (χ1n) is 10.9. The highest BCUT2D eigenvalue weighted by molar-refractivity contribution is 6.74. The molecule has 1 aliphatic heterocycles. The summed E-state index contributed by atoms with van der Waals surface area (Å²) in [5, 5.41) is 14.0. The van der Waals surface area contributed by atoms with E-state index in [9.17, 15) is 5.11 Å². The van der Waals surface area contributed by atoms with Crippen molar-refractivity contribution in [2.75, 3.05) is 6.61 Å². The lowest BCUT2D eigenvalue weighted by molar-refractivity contribution is -0.154. The van der Waals surface area contributed by atoms with Crippen LogP contribution in [-0.2, 0) is 20.4 Å². The van der Waals surface area contributed by atoms with E-state index in [1.165, 1.54) is 5.56 Å². The van der Waals surface area contributed by atoms with Crippen molar-refractivity contribution in [3.8, 4) is 0 Å². The summed E-state index contributed by atoms with van der Waals surface area (Å²) in [6.07, 6.45) is 0.446. The molecular weight excluding hydrogens is 382 g/mol. The molecule has 0 radical (unpaired) electrons. The molecule has 2 aliphatic rings. The number of aliphatic hydroxyl groups is 1. The van der Waals surface area contributed by atoms with Crippen LogP contribution in [0.2, 0.25) is 18.1 Å². The van der Waals surface area contributed by atoms with Gasteiger partial charge in [-0.05, 0) is 44.0 Å². The van der Waals surface area contributed by atoms with E-state index >= 15 is 0 Å². The van der Waals surface area contributed by atoms with Gasteiger partial charge in [0.1, 0.15) is 6.10 Å². The molecule has 2 N–H and O–H groups in total. The van der Waals surface area contributed by atoms with Crippen LogP contribution in [-0.4, -0.2) is 50.2 Å². The molecule has 2 fully saturated rings. The molecule has 1 aliphatic carbocycles. The van der Waals surface area contributed by atoms with Crippen molar-refractivity contribution in [1.29, 1.82) is 0 Å². The Morgan fingerprint density at radius 2 is 1.76 bits per heavy atom. The fraction of sp³-hybridized carbons (Fsp3) is 0.739. The lowest BCUT2D eigenvalue weighted by atomic mass is 9.79. The summed E-state index contributed by atoms with van der Waals surface area (Å²) in [5.74, 6) is -0.684. The van der Waals surface area contributed by atoms with Gasteiger partial charge in [-0.1, -0.05) is 51.1 Å². The molecule has 6 heteroatoms. The molecule has 164 valence electrons. The molecule has 1 saturated carbocycles. The van der Waals surface area contributed by atoms with E-state index in [2.05, 4.69) is 63.4 Å². The first-order valence-corrected chi connectivity index (χ1v) is 13.8. The fourth-order valence-corrected chi connectivity index (χ4v) is 5.55. The zero-order chi connectivity index (χ0) is 21.4. The van der Waals surface area contributed by atoms with Crippen molar-refractivity contribution in [2.24, 2.45) is 5.92 Å². The lowest BCUT2D eigenvalue weighted by Gasteiger charge is -2.47. The summed E-state index contributed by atoms with van der Waals surface area (Å²) in [5.41, 5.74) is 1.23. The molecule has 1 heterocycles. The third kappa shape index (κ3) is 5.11. The van der Waals surface area contributed by atoms with Gasteiger partial charge in [0.25, 0.3) is 0 Å². The molecular formula is C23H39NO4Si. The molecule has 0 unspecified atom stereocenters. The van der Waals surface area contributed by atoms with Gasteiger partial charge in [-0.3, -0.25) is 0 Å². The average molecular weight is 422 g/mol. The van der Waals surface area contributed by atoms with Gasteiger partial charge in [0.2, 0.25) is 0 Å². The average Bonchev–Trinajstić information content (AvgIpc) is 2.95. The Morgan fingerprint density at radius 1 is 1.14 bits per heavy atom. The Balaban J connectivity index is 1.81. The Morgan fingerprint density at radius 3 is 2.34 bits per heavy atom. The highest BCUT2D eigenvalue weighted by Crippen LogP contribution is 2.45. The van der Waals surface area contributed by atoms with Crippen molar-refractivity contribution < 1.29 is 19.0 Å². The first kappa shape index (κ1) is 22.9. The standard InChI is InChI=1S/C23H39NO4Si/c1-22(2,3)29(6,7)28-19-13-18(24-14-16-11-9-8-10-12-16)17(15-25)20-21(19)27-23(4,5)26-20/h8-12,17-21,24-25H,13-15H2,1-7H3/t17-,18+,19-,20+,21+/m0/s1. The minimum atomic E-state index is -1.97. The summed E-state index contributed by atoms with van der Waals surface area (Å²) in [6.45, 7) is 16.1. The van der Waals surface area contributed by atoms with Gasteiger partial charge in [-0.2, -0.15) is 0 Å². The van der Waals surface area contributed by atoms with Gasteiger partial charge in [0, 0.05) is 25.1 Å². The summed E-state index contributed by atoms with van der Waals surface area (Å²) in [6, 6.07) is 10.5. The molecule has 3 rings (SSSR count). The van der Waals surface area contributed by atoms with Crippen LogP contribution < -0.4 is 5.32 Å². The molecule has 5 nitrogen and oxygen atoms in total. The highest BCUT2D eigenvalue weighted by atomic mass is 28.4. The summed E-state index contributed by atoms with van der Waals surface area (Å²) >= 11 is 0. The Labute approximate surface area is 177 Å². The maximum Gasteiger partial charge on any atom is 0.192 e. The monoisotopic (exact) mass is 421 g/mol. The Bertz CT molecular complexity index is 673. The lowest BCUT2D eigenvalue weighted by Crippen LogP contribution is -2.60. The topological polar surface area (TPSA) is 60.0 Å². The molecule has 29 heavy (non-hydrogen) atoms. The maximum atomic E-state index is 10.2. The van der Waals surface area contributed by atoms with Crippen LogP contribution in [0.4, 0.5) is 0 Å². The highest BCUT2D eigenvalue weighted by Gasteiger charge is 2.56. The van der Waals surface area contributed by atoms with Crippen molar-refractivity contribution in [2.45, 2.75) is 95.9 Å². The van der Waals surface area contributed by atoms with Crippen LogP contribution in [0, 0.1) is 5.92 Å². The number of aliphatic hydroxyl groups excluding tert-OH is 1. The van der Waals surface area contributed by atoms with Crippen LogP contribution in [0.1, 0.15) is 46.6 Å². The van der Waals surface area contributed by atoms with Crippen molar-refractivity contribution in [3.63, 3.8) is 0 Å². The van der Waals surface area contributed by atoms with Crippen LogP contribution >= 0.6 is 0 Å². The second kappa shape index (κ2) is 8.40. The second-order valence-electron chi connectivity index (χ2n) is 10.5. The number of hydrogen-bond acceptors (Lipinski definition) is 5. The van der Waals surface area contributed by atoms with Gasteiger partial charge >= 0.3 is 0 Å². The van der Waals surface area contributed by atoms with Gasteiger partial charge in [0.05, 0.1) is 12.2 Å². The van der Waals surface area contributed by atoms with Gasteiger partial charge in [-0.25, -0.2) is 0 Å². The molecule has 5 atom stereocenters. The van der Waals surface area contributed by atoms with Gasteiger partial charge in [-0.15, -0.1) is 0 Å². The van der Waals surface area contributed by atoms with Crippen LogP contribution in [0.25, 0.3) is 0 Å². The fourth-order valence-electron chi connectivity index (χ4n) is 4.21. The number of ether oxygens (including phenoxy) is 2. The molecule has 0 amide bonds. The minimum Gasteiger partial charge on any atom is -0.411 e. The molecule has 0 bridgehead atoms. The van der Waals surface area contributed by atoms with E-state index in [-0.39, 0.29) is 41.9 Å². The summed E-state index contributed by atoms with van der Waals surface area (Å²) in [7, 11) is -1.97. The molecule has 1 aromatic rings. The zero-order valence-corrected chi connectivity index (χ0v) is 20.1. The summed E-state index contributed by atoms with van der Waals surface area (Å²) < 4.78 is 19.4. The van der Waals surface area contributed by atoms with E-state index < -0.39 is 14.1 Å². The normalized spacial score (nSPS) is 32.2. The molecule has 0 spiro atoms. The second-order valence-corrected chi connectivity index (χ2v) is 15.3. The van der Waals surface area contributed by atoms with E-state index in [0.717, 1.165) is 13.0 Å². The number of nitrogens with one attached hydrogen (secondary N) is 1. The van der Waals surface area contributed by atoms with Gasteiger partial charge in [0.15, 0.2) is 14.1 Å². The van der Waals surface area contributed by atoms with Crippen LogP contribution in [0.5, 0.6) is 0 Å². The van der Waals surface area contributed by atoms with E-state index in [0.29, 0.717) is 0 Å². The molecule has 0 aromatic heterocycles. The van der Waals surface area contributed by atoms with E-state index in [1.54, 1.807) is 0 Å². The number of hydrogen-bond donors (Lipinski definition) is 2. The predicted molar refractivity (Wildman–Crippen MR) is 118 cm³/mol. The number of benzene rings is 1. The Kier molecular flexibility index (Phi) is 6.64.